The fraction of sp³-hybridized carbons (Fsp3) is 0.222. The molecule has 23 heavy (non-hydrogen) atoms. The lowest BCUT2D eigenvalue weighted by atomic mass is 10.1. The largest absolute Gasteiger partial charge is 0.465 e. The van der Waals surface area contributed by atoms with Gasteiger partial charge in [-0.1, -0.05) is 36.4 Å². The van der Waals surface area contributed by atoms with Crippen LogP contribution in [0.1, 0.15) is 28.9 Å². The predicted octanol–water partition coefficient (Wildman–Crippen LogP) is 2.76. The first-order chi connectivity index (χ1) is 11.1. The number of rotatable bonds is 6. The third-order valence-electron chi connectivity index (χ3n) is 3.41. The van der Waals surface area contributed by atoms with Gasteiger partial charge in [-0.15, -0.1) is 0 Å². The van der Waals surface area contributed by atoms with Crippen LogP contribution in [0.4, 0.5) is 5.69 Å². The lowest BCUT2D eigenvalue weighted by Gasteiger charge is -2.15. The molecule has 0 bridgehead atoms. The molecular weight excluding hydrogens is 292 g/mol. The van der Waals surface area contributed by atoms with Crippen molar-refractivity contribution in [3.05, 3.63) is 65.7 Å². The van der Waals surface area contributed by atoms with Crippen molar-refractivity contribution < 1.29 is 14.3 Å². The van der Waals surface area contributed by atoms with Crippen LogP contribution < -0.4 is 10.6 Å². The summed E-state index contributed by atoms with van der Waals surface area (Å²) in [4.78, 5) is 23.5. The van der Waals surface area contributed by atoms with E-state index in [9.17, 15) is 9.59 Å². The van der Waals surface area contributed by atoms with Crippen molar-refractivity contribution in [2.75, 3.05) is 19.0 Å². The highest BCUT2D eigenvalue weighted by Gasteiger charge is 2.10. The number of benzene rings is 2. The quantitative estimate of drug-likeness (QED) is 0.805. The molecule has 5 heteroatoms. The second kappa shape index (κ2) is 7.98. The Morgan fingerprint density at radius 2 is 1.83 bits per heavy atom. The maximum atomic E-state index is 12.0. The molecule has 0 saturated heterocycles. The van der Waals surface area contributed by atoms with Gasteiger partial charge in [-0.2, -0.15) is 0 Å². The highest BCUT2D eigenvalue weighted by atomic mass is 16.5. The first kappa shape index (κ1) is 16.5. The summed E-state index contributed by atoms with van der Waals surface area (Å²) in [5.41, 5.74) is 2.18. The Kier molecular flexibility index (Phi) is 5.74. The molecule has 2 aromatic rings. The van der Waals surface area contributed by atoms with Gasteiger partial charge in [0, 0.05) is 5.69 Å². The smallest absolute Gasteiger partial charge is 0.337 e. The third kappa shape index (κ3) is 4.85. The Hall–Kier alpha value is -2.82. The number of carbonyl (C=O) groups excluding carboxylic acids is 2. The van der Waals surface area contributed by atoms with Crippen LogP contribution in [0.25, 0.3) is 0 Å². The van der Waals surface area contributed by atoms with E-state index in [2.05, 4.69) is 15.4 Å². The summed E-state index contributed by atoms with van der Waals surface area (Å²) in [6.45, 7) is 2.06. The number of hydrogen-bond acceptors (Lipinski definition) is 4. The van der Waals surface area contributed by atoms with E-state index in [4.69, 9.17) is 0 Å². The second-order valence-corrected chi connectivity index (χ2v) is 5.13. The Balaban J connectivity index is 1.88. The third-order valence-corrected chi connectivity index (χ3v) is 3.41. The molecule has 5 nitrogen and oxygen atoms in total. The minimum Gasteiger partial charge on any atom is -0.465 e. The summed E-state index contributed by atoms with van der Waals surface area (Å²) < 4.78 is 4.67. The molecule has 0 spiro atoms. The Labute approximate surface area is 135 Å². The van der Waals surface area contributed by atoms with Crippen molar-refractivity contribution in [3.63, 3.8) is 0 Å². The number of hydrogen-bond donors (Lipinski definition) is 2. The van der Waals surface area contributed by atoms with Crippen molar-refractivity contribution in [1.82, 2.24) is 5.32 Å². The summed E-state index contributed by atoms with van der Waals surface area (Å²) in [7, 11) is 1.33. The van der Waals surface area contributed by atoms with Gasteiger partial charge in [-0.05, 0) is 30.7 Å². The normalized spacial score (nSPS) is 11.4. The fourth-order valence-corrected chi connectivity index (χ4v) is 2.17. The van der Waals surface area contributed by atoms with Gasteiger partial charge in [0.15, 0.2) is 0 Å². The molecule has 0 aliphatic rings. The number of carbonyl (C=O) groups is 2. The first-order valence-corrected chi connectivity index (χ1v) is 7.36. The highest BCUT2D eigenvalue weighted by molar-refractivity contribution is 5.90. The van der Waals surface area contributed by atoms with E-state index in [0.29, 0.717) is 11.3 Å². The summed E-state index contributed by atoms with van der Waals surface area (Å²) in [6.07, 6.45) is 0. The van der Waals surface area contributed by atoms with E-state index in [-0.39, 0.29) is 18.5 Å². The molecule has 1 atom stereocenters. The van der Waals surface area contributed by atoms with Crippen LogP contribution in [-0.4, -0.2) is 25.5 Å². The molecule has 1 unspecified atom stereocenters. The van der Waals surface area contributed by atoms with Crippen LogP contribution in [-0.2, 0) is 9.53 Å². The van der Waals surface area contributed by atoms with Gasteiger partial charge in [0.25, 0.3) is 0 Å². The SMILES string of the molecule is COC(=O)c1cccc(NCC(=O)NC(C)c2ccccc2)c1. The molecule has 2 N–H and O–H groups in total. The van der Waals surface area contributed by atoms with E-state index in [1.54, 1.807) is 24.3 Å². The average molecular weight is 312 g/mol. The number of esters is 1. The van der Waals surface area contributed by atoms with Crippen LogP contribution >= 0.6 is 0 Å². The van der Waals surface area contributed by atoms with E-state index in [1.165, 1.54) is 7.11 Å². The molecule has 2 rings (SSSR count). The van der Waals surface area contributed by atoms with Gasteiger partial charge in [-0.25, -0.2) is 4.79 Å². The molecule has 0 radical (unpaired) electrons. The number of methoxy groups -OCH3 is 1. The fourth-order valence-electron chi connectivity index (χ4n) is 2.17. The molecule has 2 aromatic carbocycles. The summed E-state index contributed by atoms with van der Waals surface area (Å²) in [5, 5.41) is 5.92. The number of ether oxygens (including phenoxy) is 1. The summed E-state index contributed by atoms with van der Waals surface area (Å²) in [5.74, 6) is -0.527. The van der Waals surface area contributed by atoms with Crippen LogP contribution in [0.15, 0.2) is 54.6 Å². The van der Waals surface area contributed by atoms with Gasteiger partial charge < -0.3 is 15.4 Å². The van der Waals surface area contributed by atoms with E-state index < -0.39 is 5.97 Å². The highest BCUT2D eigenvalue weighted by Crippen LogP contribution is 2.12. The van der Waals surface area contributed by atoms with Crippen molar-refractivity contribution in [1.29, 1.82) is 0 Å². The van der Waals surface area contributed by atoms with E-state index >= 15 is 0 Å². The minimum atomic E-state index is -0.407. The van der Waals surface area contributed by atoms with Gasteiger partial charge in [-0.3, -0.25) is 4.79 Å². The second-order valence-electron chi connectivity index (χ2n) is 5.13. The molecule has 120 valence electrons. The van der Waals surface area contributed by atoms with Crippen LogP contribution in [0.5, 0.6) is 0 Å². The molecule has 1 amide bonds. The zero-order valence-electron chi connectivity index (χ0n) is 13.2. The number of anilines is 1. The average Bonchev–Trinajstić information content (AvgIpc) is 2.60. The Bertz CT molecular complexity index is 671. The van der Waals surface area contributed by atoms with Crippen molar-refractivity contribution >= 4 is 17.6 Å². The molecule has 0 saturated carbocycles. The summed E-state index contributed by atoms with van der Waals surface area (Å²) in [6, 6.07) is 16.5. The van der Waals surface area contributed by atoms with Crippen LogP contribution in [0, 0.1) is 0 Å². The van der Waals surface area contributed by atoms with Crippen molar-refractivity contribution in [3.8, 4) is 0 Å². The van der Waals surface area contributed by atoms with Crippen molar-refractivity contribution in [2.24, 2.45) is 0 Å². The standard InChI is InChI=1S/C18H20N2O3/c1-13(14-7-4-3-5-8-14)20-17(21)12-19-16-10-6-9-15(11-16)18(22)23-2/h3-11,13,19H,12H2,1-2H3,(H,20,21). The van der Waals surface area contributed by atoms with Crippen LogP contribution in [0.3, 0.4) is 0 Å². The zero-order valence-corrected chi connectivity index (χ0v) is 13.2. The zero-order chi connectivity index (χ0) is 16.7. The van der Waals surface area contributed by atoms with Gasteiger partial charge in [0.05, 0.1) is 25.3 Å². The number of amides is 1. The molecular formula is C18H20N2O3. The van der Waals surface area contributed by atoms with E-state index in [1.807, 2.05) is 37.3 Å². The molecule has 0 aromatic heterocycles. The molecule has 0 aliphatic carbocycles. The predicted molar refractivity (Wildman–Crippen MR) is 89.3 cm³/mol. The molecule has 0 fully saturated rings. The Morgan fingerprint density at radius 3 is 2.52 bits per heavy atom. The maximum Gasteiger partial charge on any atom is 0.337 e. The van der Waals surface area contributed by atoms with Gasteiger partial charge in [0.1, 0.15) is 0 Å². The topological polar surface area (TPSA) is 67.4 Å². The van der Waals surface area contributed by atoms with Gasteiger partial charge in [0.2, 0.25) is 5.91 Å². The van der Waals surface area contributed by atoms with Gasteiger partial charge >= 0.3 is 5.97 Å². The molecule has 0 aliphatic heterocycles. The van der Waals surface area contributed by atoms with Crippen LogP contribution in [0.2, 0.25) is 0 Å². The first-order valence-electron chi connectivity index (χ1n) is 7.36. The van der Waals surface area contributed by atoms with Crippen molar-refractivity contribution in [2.45, 2.75) is 13.0 Å². The Morgan fingerprint density at radius 1 is 1.09 bits per heavy atom. The number of nitrogens with one attached hydrogen (secondary N) is 2. The maximum absolute atomic E-state index is 12.0. The molecule has 0 heterocycles. The monoisotopic (exact) mass is 312 g/mol. The lowest BCUT2D eigenvalue weighted by molar-refractivity contribution is -0.120. The van der Waals surface area contributed by atoms with E-state index in [0.717, 1.165) is 5.56 Å². The lowest BCUT2D eigenvalue weighted by Crippen LogP contribution is -2.32. The minimum absolute atomic E-state index is 0.0631. The summed E-state index contributed by atoms with van der Waals surface area (Å²) >= 11 is 0.